The van der Waals surface area contributed by atoms with Crippen molar-refractivity contribution in [1.29, 1.82) is 0 Å². The molecule has 0 saturated carbocycles. The highest BCUT2D eigenvalue weighted by Gasteiger charge is 2.21. The van der Waals surface area contributed by atoms with Gasteiger partial charge in [-0.15, -0.1) is 0 Å². The molecule has 0 amide bonds. The minimum Gasteiger partial charge on any atom is -0.309 e. The van der Waals surface area contributed by atoms with E-state index < -0.39 is 0 Å². The largest absolute Gasteiger partial charge is 0.309 e. The number of hydrogen-bond acceptors (Lipinski definition) is 0. The lowest BCUT2D eigenvalue weighted by molar-refractivity contribution is 0.795. The Kier molecular flexibility index (Phi) is 8.28. The van der Waals surface area contributed by atoms with Gasteiger partial charge in [-0.1, -0.05) is 153 Å². The van der Waals surface area contributed by atoms with Gasteiger partial charge in [0.2, 0.25) is 0 Å². The summed E-state index contributed by atoms with van der Waals surface area (Å²) < 4.78 is 7.37. The Bertz CT molecular complexity index is 3590. The van der Waals surface area contributed by atoms with Crippen LogP contribution in [0.3, 0.4) is 0 Å². The number of benzene rings is 9. The van der Waals surface area contributed by atoms with E-state index in [2.05, 4.69) is 227 Å². The molecule has 3 nitrogen and oxygen atoms in total. The molecule has 0 saturated heterocycles. The first-order valence-corrected chi connectivity index (χ1v) is 21.6. The van der Waals surface area contributed by atoms with Gasteiger partial charge in [0.05, 0.1) is 33.1 Å². The van der Waals surface area contributed by atoms with E-state index in [0.717, 1.165) is 17.8 Å². The van der Waals surface area contributed by atoms with Crippen molar-refractivity contribution in [2.75, 3.05) is 0 Å². The Morgan fingerprint density at radius 3 is 1.54 bits per heavy atom. The Morgan fingerprint density at radius 2 is 0.820 bits per heavy atom. The number of fused-ring (bicyclic) bond motifs is 10. The lowest BCUT2D eigenvalue weighted by atomic mass is 10.0. The lowest BCUT2D eigenvalue weighted by Gasteiger charge is -2.12. The minimum absolute atomic E-state index is 1.10. The van der Waals surface area contributed by atoms with Crippen molar-refractivity contribution >= 4 is 65.4 Å². The van der Waals surface area contributed by atoms with Crippen molar-refractivity contribution in [3.05, 3.63) is 212 Å². The fourth-order valence-electron chi connectivity index (χ4n) is 9.93. The molecule has 0 unspecified atom stereocenters. The predicted octanol–water partition coefficient (Wildman–Crippen LogP) is 15.7. The minimum atomic E-state index is 1.10. The average molecular weight is 782 g/mol. The molecule has 0 spiro atoms. The van der Waals surface area contributed by atoms with Gasteiger partial charge < -0.3 is 13.7 Å². The Morgan fingerprint density at radius 1 is 0.328 bits per heavy atom. The highest BCUT2D eigenvalue weighted by molar-refractivity contribution is 6.26. The van der Waals surface area contributed by atoms with E-state index in [-0.39, 0.29) is 0 Å². The molecule has 0 aliphatic rings. The molecule has 290 valence electrons. The van der Waals surface area contributed by atoms with E-state index in [1.54, 1.807) is 0 Å². The van der Waals surface area contributed by atoms with Gasteiger partial charge in [-0.2, -0.15) is 0 Å². The van der Waals surface area contributed by atoms with Gasteiger partial charge in [0, 0.05) is 49.4 Å². The van der Waals surface area contributed by atoms with Crippen LogP contribution in [0.2, 0.25) is 0 Å². The van der Waals surface area contributed by atoms with Gasteiger partial charge in [-0.25, -0.2) is 0 Å². The molecular formula is C58H43N3. The van der Waals surface area contributed by atoms with Crippen molar-refractivity contribution < 1.29 is 0 Å². The number of aryl methyl sites for hydroxylation is 1. The molecule has 0 N–H and O–H groups in total. The lowest BCUT2D eigenvalue weighted by Crippen LogP contribution is -1.96. The monoisotopic (exact) mass is 781 g/mol. The molecule has 0 aliphatic heterocycles. The SMILES string of the molecule is CCCCc1ccc2c3ccc(-c4ccc(-n5c6ccccc6c6ccc7c(c8ccccc8n7-c7ccc(-c8ccccc8)cc7)c65)cc4)cc3n(-c3ccccc3)c2c1. The van der Waals surface area contributed by atoms with Gasteiger partial charge in [0.15, 0.2) is 0 Å². The van der Waals surface area contributed by atoms with Crippen molar-refractivity contribution in [1.82, 2.24) is 13.7 Å². The smallest absolute Gasteiger partial charge is 0.0641 e. The Hall–Kier alpha value is -7.62. The summed E-state index contributed by atoms with van der Waals surface area (Å²) >= 11 is 0. The Labute approximate surface area is 355 Å². The summed E-state index contributed by atoms with van der Waals surface area (Å²) in [6, 6.07) is 76.1. The van der Waals surface area contributed by atoms with Crippen molar-refractivity contribution in [3.63, 3.8) is 0 Å². The first kappa shape index (κ1) is 35.3. The fraction of sp³-hybridized carbons (Fsp3) is 0.0690. The highest BCUT2D eigenvalue weighted by Crippen LogP contribution is 2.43. The molecule has 3 heteroatoms. The fourth-order valence-corrected chi connectivity index (χ4v) is 9.93. The number of unbranched alkanes of at least 4 members (excludes halogenated alkanes) is 1. The molecule has 0 bridgehead atoms. The second kappa shape index (κ2) is 14.3. The van der Waals surface area contributed by atoms with Crippen LogP contribution < -0.4 is 0 Å². The maximum absolute atomic E-state index is 2.48. The van der Waals surface area contributed by atoms with E-state index in [9.17, 15) is 0 Å². The third kappa shape index (κ3) is 5.65. The van der Waals surface area contributed by atoms with Crippen molar-refractivity contribution in [2.24, 2.45) is 0 Å². The maximum Gasteiger partial charge on any atom is 0.0641 e. The molecule has 12 aromatic rings. The summed E-state index contributed by atoms with van der Waals surface area (Å²) in [5, 5.41) is 7.59. The third-order valence-corrected chi connectivity index (χ3v) is 12.8. The quantitative estimate of drug-likeness (QED) is 0.146. The standard InChI is InChI=1S/C58H43N3/c1-2-3-14-39-23-33-48-49-34-28-43(38-56(49)60(55(48)37-39)44-17-8-5-9-18-44)42-26-31-46(32-27-42)61-52-21-12-10-19-47(52)50-35-36-54-57(58(50)61)51-20-11-13-22-53(51)59(54)45-29-24-41(25-30-45)40-15-6-4-7-16-40/h4-13,15-38H,2-3,14H2,1H3. The number of hydrogen-bond donors (Lipinski definition) is 0. The molecule has 0 aliphatic carbocycles. The van der Waals surface area contributed by atoms with Crippen LogP contribution in [0.15, 0.2) is 206 Å². The van der Waals surface area contributed by atoms with Gasteiger partial charge in [-0.3, -0.25) is 0 Å². The predicted molar refractivity (Wildman–Crippen MR) is 259 cm³/mol. The first-order valence-electron chi connectivity index (χ1n) is 21.6. The van der Waals surface area contributed by atoms with Crippen LogP contribution in [0.5, 0.6) is 0 Å². The molecule has 9 aromatic carbocycles. The topological polar surface area (TPSA) is 14.8 Å². The van der Waals surface area contributed by atoms with Crippen LogP contribution in [0.4, 0.5) is 0 Å². The molecule has 0 atom stereocenters. The van der Waals surface area contributed by atoms with Crippen LogP contribution in [0, 0.1) is 0 Å². The van der Waals surface area contributed by atoms with E-state index in [1.165, 1.54) is 112 Å². The van der Waals surface area contributed by atoms with Gasteiger partial charge in [0.25, 0.3) is 0 Å². The van der Waals surface area contributed by atoms with Gasteiger partial charge in [0.1, 0.15) is 0 Å². The van der Waals surface area contributed by atoms with Crippen LogP contribution >= 0.6 is 0 Å². The zero-order chi connectivity index (χ0) is 40.4. The van der Waals surface area contributed by atoms with E-state index in [0.29, 0.717) is 0 Å². The number of aromatic nitrogens is 3. The third-order valence-electron chi connectivity index (χ3n) is 12.8. The number of para-hydroxylation sites is 3. The van der Waals surface area contributed by atoms with Gasteiger partial charge >= 0.3 is 0 Å². The molecule has 0 fully saturated rings. The van der Waals surface area contributed by atoms with E-state index >= 15 is 0 Å². The molecule has 3 aromatic heterocycles. The molecule has 3 heterocycles. The summed E-state index contributed by atoms with van der Waals surface area (Å²) in [4.78, 5) is 0. The second-order valence-electron chi connectivity index (χ2n) is 16.4. The first-order chi connectivity index (χ1) is 30.2. The van der Waals surface area contributed by atoms with Crippen LogP contribution in [-0.4, -0.2) is 13.7 Å². The zero-order valence-corrected chi connectivity index (χ0v) is 34.1. The number of rotatable bonds is 8. The zero-order valence-electron chi connectivity index (χ0n) is 34.1. The van der Waals surface area contributed by atoms with E-state index in [4.69, 9.17) is 0 Å². The number of nitrogens with zero attached hydrogens (tertiary/aromatic N) is 3. The summed E-state index contributed by atoms with van der Waals surface area (Å²) in [5.41, 5.74) is 17.0. The van der Waals surface area contributed by atoms with E-state index in [1.807, 2.05) is 0 Å². The van der Waals surface area contributed by atoms with Crippen LogP contribution in [0.25, 0.3) is 105 Å². The van der Waals surface area contributed by atoms with Crippen LogP contribution in [-0.2, 0) is 6.42 Å². The second-order valence-corrected chi connectivity index (χ2v) is 16.4. The average Bonchev–Trinajstić information content (AvgIpc) is 3.96. The summed E-state index contributed by atoms with van der Waals surface area (Å²) in [6.07, 6.45) is 3.49. The normalized spacial score (nSPS) is 11.9. The maximum atomic E-state index is 2.48. The van der Waals surface area contributed by atoms with Gasteiger partial charge in [-0.05, 0) is 107 Å². The van der Waals surface area contributed by atoms with Crippen molar-refractivity contribution in [2.45, 2.75) is 26.2 Å². The van der Waals surface area contributed by atoms with Crippen molar-refractivity contribution in [3.8, 4) is 39.3 Å². The summed E-state index contributed by atoms with van der Waals surface area (Å²) in [6.45, 7) is 2.27. The highest BCUT2D eigenvalue weighted by atomic mass is 15.0. The van der Waals surface area contributed by atoms with Crippen LogP contribution in [0.1, 0.15) is 25.3 Å². The molecule has 61 heavy (non-hydrogen) atoms. The summed E-state index contributed by atoms with van der Waals surface area (Å²) in [7, 11) is 0. The molecule has 0 radical (unpaired) electrons. The summed E-state index contributed by atoms with van der Waals surface area (Å²) in [5.74, 6) is 0. The molecular weight excluding hydrogens is 739 g/mol. The molecule has 12 rings (SSSR count). The Balaban J connectivity index is 1.02.